The molecule has 1 amide bonds. The minimum Gasteiger partial charge on any atom is -0.398 e. The lowest BCUT2D eigenvalue weighted by Crippen LogP contribution is -2.14. The van der Waals surface area contributed by atoms with Gasteiger partial charge in [0.05, 0.1) is 5.88 Å². The summed E-state index contributed by atoms with van der Waals surface area (Å²) in [6.07, 6.45) is 14.6. The highest BCUT2D eigenvalue weighted by Gasteiger charge is 2.32. The van der Waals surface area contributed by atoms with Crippen LogP contribution < -0.4 is 11.1 Å². The number of nitrogens with two attached hydrogens (primary N) is 1. The zero-order chi connectivity index (χ0) is 46.1. The van der Waals surface area contributed by atoms with Crippen molar-refractivity contribution in [3.05, 3.63) is 129 Å². The van der Waals surface area contributed by atoms with E-state index in [0.29, 0.717) is 23.2 Å². The molecule has 4 aliphatic carbocycles. The number of alkyl halides is 2. The Bertz CT molecular complexity index is 2380. The Hall–Kier alpha value is -5.21. The van der Waals surface area contributed by atoms with Crippen LogP contribution in [-0.2, 0) is 41.6 Å². The van der Waals surface area contributed by atoms with Crippen LogP contribution in [0, 0.1) is 37.3 Å². The Balaban J connectivity index is 0.000000226. The molecule has 0 bridgehead atoms. The van der Waals surface area contributed by atoms with Crippen LogP contribution in [-0.4, -0.2) is 35.2 Å². The molecule has 332 valence electrons. The number of hydrogen-bond acceptors (Lipinski definition) is 7. The molecule has 8 rings (SSSR count). The van der Waals surface area contributed by atoms with Gasteiger partial charge in [-0.1, -0.05) is 86.1 Å². The van der Waals surface area contributed by atoms with Gasteiger partial charge < -0.3 is 11.1 Å². The van der Waals surface area contributed by atoms with Gasteiger partial charge in [0.1, 0.15) is 17.5 Å². The number of anilines is 2. The van der Waals surface area contributed by atoms with Crippen molar-refractivity contribution in [1.29, 1.82) is 0 Å². The number of benzene rings is 4. The summed E-state index contributed by atoms with van der Waals surface area (Å²) in [5.41, 5.74) is 22.3. The maximum atomic E-state index is 14.2. The first-order chi connectivity index (χ1) is 30.3. The number of rotatable bonds is 7. The fourth-order valence-electron chi connectivity index (χ4n) is 9.20. The second-order valence-electron chi connectivity index (χ2n) is 15.9. The van der Waals surface area contributed by atoms with Gasteiger partial charge in [0.25, 0.3) is 0 Å². The predicted molar refractivity (Wildman–Crippen MR) is 245 cm³/mol. The summed E-state index contributed by atoms with van der Waals surface area (Å²) in [5.74, 6) is 0.0868. The van der Waals surface area contributed by atoms with Crippen molar-refractivity contribution in [3.63, 3.8) is 0 Å². The first-order valence-corrected chi connectivity index (χ1v) is 22.3. The number of carbonyl (C=O) groups excluding carboxylic acids is 6. The fourth-order valence-corrected chi connectivity index (χ4v) is 9.27. The molecule has 0 atom stereocenters. The number of carbonyl (C=O) groups is 2. The third kappa shape index (κ3) is 13.9. The molecule has 3 N–H and O–H groups in total. The standard InChI is InChI=1S/C24H25ClFNO.C22H24FN.C2H2Cl2O.2CO2/c1-15-7-9-19-17(11-15)12-21(24(19)16-5-3-2-4-6-16)20-13-18(26)8-10-22(20)27-23(28)14-25;1-14-7-9-18-16(11-14)12-20(19-13-17(23)8-10-21(19)24)22(18)15-5-3-2-4-6-15;3-1-2(4)5;2*2-1-3/h7-11,13,16H,2-6,12,14H2,1H3,(H,27,28);7-11,13,15H,2-6,12,24H2,1H3;1H2;;. The summed E-state index contributed by atoms with van der Waals surface area (Å²) in [6, 6.07) is 22.7. The number of halogens is 5. The monoisotopic (exact) mass is 918 g/mol. The molecule has 0 heterocycles. The lowest BCUT2D eigenvalue weighted by atomic mass is 9.79. The number of amides is 1. The summed E-state index contributed by atoms with van der Waals surface area (Å²) < 4.78 is 28.1. The van der Waals surface area contributed by atoms with Gasteiger partial charge in [-0.3, -0.25) is 9.59 Å². The molecule has 4 aromatic carbocycles. The largest absolute Gasteiger partial charge is 0.398 e. The highest BCUT2D eigenvalue weighted by Crippen LogP contribution is 2.49. The van der Waals surface area contributed by atoms with E-state index in [4.69, 9.17) is 59.7 Å². The summed E-state index contributed by atoms with van der Waals surface area (Å²) in [7, 11) is 0. The average Bonchev–Trinajstić information content (AvgIpc) is 3.84. The quantitative estimate of drug-likeness (QED) is 0.107. The fraction of sp³-hybridized carbons (Fsp3) is 0.360. The van der Waals surface area contributed by atoms with E-state index in [-0.39, 0.29) is 41.6 Å². The number of hydrogen-bond donors (Lipinski definition) is 2. The van der Waals surface area contributed by atoms with Gasteiger partial charge >= 0.3 is 12.3 Å². The van der Waals surface area contributed by atoms with Gasteiger partial charge in [-0.25, -0.2) is 8.78 Å². The second kappa shape index (κ2) is 25.2. The van der Waals surface area contributed by atoms with E-state index in [2.05, 4.69) is 55.6 Å². The number of allylic oxidation sites excluding steroid dienone is 4. The molecule has 4 aromatic rings. The minimum absolute atomic E-state index is 0.0957. The van der Waals surface area contributed by atoms with E-state index < -0.39 is 5.24 Å². The van der Waals surface area contributed by atoms with Crippen LogP contribution in [0.1, 0.15) is 109 Å². The summed E-state index contributed by atoms with van der Waals surface area (Å²) >= 11 is 15.2. The van der Waals surface area contributed by atoms with Crippen molar-refractivity contribution in [1.82, 2.24) is 0 Å². The lowest BCUT2D eigenvalue weighted by molar-refractivity contribution is -0.193. The normalized spacial score (nSPS) is 15.3. The van der Waals surface area contributed by atoms with Crippen LogP contribution in [0.5, 0.6) is 0 Å². The van der Waals surface area contributed by atoms with Crippen molar-refractivity contribution < 1.29 is 37.5 Å². The lowest BCUT2D eigenvalue weighted by Gasteiger charge is -2.26. The molecule has 0 radical (unpaired) electrons. The molecule has 0 saturated heterocycles. The highest BCUT2D eigenvalue weighted by atomic mass is 35.5. The molecule has 0 aliphatic heterocycles. The summed E-state index contributed by atoms with van der Waals surface area (Å²) in [6.45, 7) is 4.24. The average molecular weight is 920 g/mol. The molecule has 0 aromatic heterocycles. The van der Waals surface area contributed by atoms with Gasteiger partial charge in [-0.2, -0.15) is 19.2 Å². The maximum Gasteiger partial charge on any atom is 0.373 e. The van der Waals surface area contributed by atoms with Crippen LogP contribution in [0.2, 0.25) is 0 Å². The molecule has 63 heavy (non-hydrogen) atoms. The summed E-state index contributed by atoms with van der Waals surface area (Å²) in [5, 5.41) is 2.35. The maximum absolute atomic E-state index is 14.2. The van der Waals surface area contributed by atoms with Crippen LogP contribution in [0.25, 0.3) is 22.3 Å². The molecule has 8 nitrogen and oxygen atoms in total. The van der Waals surface area contributed by atoms with Gasteiger partial charge in [0.15, 0.2) is 0 Å². The number of nitrogens with one attached hydrogen (secondary N) is 1. The minimum atomic E-state index is -0.508. The van der Waals surface area contributed by atoms with Crippen molar-refractivity contribution >= 4 is 91.9 Å². The first kappa shape index (κ1) is 50.4. The van der Waals surface area contributed by atoms with E-state index >= 15 is 0 Å². The highest BCUT2D eigenvalue weighted by molar-refractivity contribution is 6.67. The predicted octanol–water partition coefficient (Wildman–Crippen LogP) is 11.9. The summed E-state index contributed by atoms with van der Waals surface area (Å²) in [4.78, 5) is 53.9. The number of fused-ring (bicyclic) bond motifs is 2. The smallest absolute Gasteiger partial charge is 0.373 e. The van der Waals surface area contributed by atoms with Crippen molar-refractivity contribution in [3.8, 4) is 0 Å². The molecule has 2 fully saturated rings. The SMILES string of the molecule is Cc1ccc2c(c1)CC(c1cc(F)ccc1N)=C2C1CCCCC1.Cc1ccc2c(c1)CC(c1cc(F)ccc1NC(=O)CCl)=C2C1CCCCC1.O=C(Cl)CCl.O=C=O.O=C=O. The van der Waals surface area contributed by atoms with Crippen LogP contribution in [0.15, 0.2) is 72.8 Å². The Morgan fingerprint density at radius 1 is 0.619 bits per heavy atom. The van der Waals surface area contributed by atoms with Gasteiger partial charge in [-0.05, 0) is 157 Å². The van der Waals surface area contributed by atoms with Crippen LogP contribution >= 0.6 is 34.8 Å². The molecular weight excluding hydrogens is 869 g/mol. The first-order valence-electron chi connectivity index (χ1n) is 20.9. The Morgan fingerprint density at radius 3 is 1.46 bits per heavy atom. The molecular formula is C50H51Cl3F2N2O6. The van der Waals surface area contributed by atoms with E-state index in [0.717, 1.165) is 29.5 Å². The zero-order valence-corrected chi connectivity index (χ0v) is 37.7. The number of aryl methyl sites for hydroxylation is 2. The second-order valence-corrected chi connectivity index (χ2v) is 16.8. The molecule has 2 saturated carbocycles. The van der Waals surface area contributed by atoms with E-state index in [9.17, 15) is 18.4 Å². The Labute approximate surface area is 382 Å². The van der Waals surface area contributed by atoms with E-state index in [1.165, 1.54) is 126 Å². The Kier molecular flexibility index (Phi) is 20.2. The van der Waals surface area contributed by atoms with Gasteiger partial charge in [0.2, 0.25) is 11.1 Å². The topological polar surface area (TPSA) is 140 Å². The number of nitrogen functional groups attached to an aromatic ring is 1. The molecule has 0 spiro atoms. The van der Waals surface area contributed by atoms with Gasteiger partial charge in [0, 0.05) is 22.5 Å². The third-order valence-corrected chi connectivity index (χ3v) is 12.4. The zero-order valence-electron chi connectivity index (χ0n) is 35.4. The van der Waals surface area contributed by atoms with Gasteiger partial charge in [-0.15, -0.1) is 23.2 Å². The molecule has 13 heteroatoms. The van der Waals surface area contributed by atoms with Crippen molar-refractivity contribution in [2.75, 3.05) is 22.8 Å². The third-order valence-electron chi connectivity index (χ3n) is 11.7. The van der Waals surface area contributed by atoms with Crippen molar-refractivity contribution in [2.24, 2.45) is 11.8 Å². The molecule has 4 aliphatic rings. The molecule has 0 unspecified atom stereocenters. The Morgan fingerprint density at radius 2 is 1.03 bits per heavy atom. The van der Waals surface area contributed by atoms with E-state index in [1.807, 2.05) is 0 Å². The van der Waals surface area contributed by atoms with Crippen LogP contribution in [0.3, 0.4) is 0 Å². The van der Waals surface area contributed by atoms with E-state index in [1.54, 1.807) is 24.3 Å². The van der Waals surface area contributed by atoms with Crippen LogP contribution in [0.4, 0.5) is 20.2 Å². The van der Waals surface area contributed by atoms with Crippen molar-refractivity contribution in [2.45, 2.75) is 90.9 Å².